The van der Waals surface area contributed by atoms with Gasteiger partial charge in [-0.2, -0.15) is 0 Å². The minimum absolute atomic E-state index is 0.823. The molecule has 3 heteroatoms. The van der Waals surface area contributed by atoms with Gasteiger partial charge in [0.1, 0.15) is 5.75 Å². The lowest BCUT2D eigenvalue weighted by Crippen LogP contribution is -1.99. The summed E-state index contributed by atoms with van der Waals surface area (Å²) in [7, 11) is 1.70. The van der Waals surface area contributed by atoms with Crippen LogP contribution in [-0.4, -0.2) is 16.7 Å². The van der Waals surface area contributed by atoms with Crippen LogP contribution in [0.3, 0.4) is 0 Å². The smallest absolute Gasteiger partial charge is 0.121 e. The molecule has 0 aliphatic heterocycles. The number of hydrogen-bond donors (Lipinski definition) is 0. The Labute approximate surface area is 125 Å². The summed E-state index contributed by atoms with van der Waals surface area (Å²) in [6, 6.07) is 10.7. The van der Waals surface area contributed by atoms with Gasteiger partial charge in [0.15, 0.2) is 0 Å². The maximum absolute atomic E-state index is 5.32. The number of fused-ring (bicyclic) bond motifs is 1. The fraction of sp³-hybridized carbons (Fsp3) is 0.278. The molecule has 0 aliphatic rings. The average Bonchev–Trinajstić information content (AvgIpc) is 2.82. The van der Waals surface area contributed by atoms with Crippen LogP contribution in [0.25, 0.3) is 11.0 Å². The quantitative estimate of drug-likeness (QED) is 0.724. The predicted molar refractivity (Wildman–Crippen MR) is 86.0 cm³/mol. The molecule has 0 N–H and O–H groups in total. The monoisotopic (exact) mass is 280 g/mol. The van der Waals surface area contributed by atoms with Crippen molar-refractivity contribution in [3.8, 4) is 5.75 Å². The van der Waals surface area contributed by atoms with E-state index in [1.165, 1.54) is 22.2 Å². The van der Waals surface area contributed by atoms with E-state index in [1.54, 1.807) is 7.11 Å². The molecule has 0 fully saturated rings. The number of hydrogen-bond acceptors (Lipinski definition) is 2. The molecule has 0 radical (unpaired) electrons. The van der Waals surface area contributed by atoms with Crippen LogP contribution in [0.2, 0.25) is 0 Å². The maximum atomic E-state index is 5.32. The summed E-state index contributed by atoms with van der Waals surface area (Å²) in [6.45, 7) is 7.16. The Balaban J connectivity index is 1.98. The molecule has 3 aromatic rings. The topological polar surface area (TPSA) is 27.1 Å². The molecule has 0 aliphatic carbocycles. The van der Waals surface area contributed by atoms with Crippen molar-refractivity contribution in [2.45, 2.75) is 27.3 Å². The van der Waals surface area contributed by atoms with Crippen molar-refractivity contribution in [2.24, 2.45) is 0 Å². The summed E-state index contributed by atoms with van der Waals surface area (Å²) in [5.74, 6) is 0.931. The summed E-state index contributed by atoms with van der Waals surface area (Å²) < 4.78 is 7.51. The van der Waals surface area contributed by atoms with Gasteiger partial charge in [-0.25, -0.2) is 4.98 Å². The Hall–Kier alpha value is -2.29. The Bertz CT molecular complexity index is 802. The third kappa shape index (κ3) is 2.51. The number of nitrogens with zero attached hydrogens (tertiary/aromatic N) is 2. The van der Waals surface area contributed by atoms with Gasteiger partial charge in [0.2, 0.25) is 0 Å². The molecular formula is C18H20N2O. The highest BCUT2D eigenvalue weighted by molar-refractivity contribution is 5.77. The summed E-state index contributed by atoms with van der Waals surface area (Å²) in [6.07, 6.45) is 1.92. The maximum Gasteiger partial charge on any atom is 0.121 e. The molecule has 1 aromatic heterocycles. The zero-order valence-electron chi connectivity index (χ0n) is 13.0. The van der Waals surface area contributed by atoms with E-state index >= 15 is 0 Å². The Morgan fingerprint density at radius 1 is 1.00 bits per heavy atom. The van der Waals surface area contributed by atoms with Gasteiger partial charge >= 0.3 is 0 Å². The highest BCUT2D eigenvalue weighted by Gasteiger charge is 2.07. The van der Waals surface area contributed by atoms with Crippen molar-refractivity contribution in [1.82, 2.24) is 9.55 Å². The number of aryl methyl sites for hydroxylation is 3. The number of imidazole rings is 1. The van der Waals surface area contributed by atoms with Gasteiger partial charge in [-0.05, 0) is 61.2 Å². The average molecular weight is 280 g/mol. The van der Waals surface area contributed by atoms with E-state index in [0.29, 0.717) is 0 Å². The summed E-state index contributed by atoms with van der Waals surface area (Å²) in [5.41, 5.74) is 7.25. The highest BCUT2D eigenvalue weighted by Crippen LogP contribution is 2.22. The van der Waals surface area contributed by atoms with Gasteiger partial charge < -0.3 is 9.30 Å². The molecule has 0 unspecified atom stereocenters. The molecule has 0 atom stereocenters. The Morgan fingerprint density at radius 3 is 2.48 bits per heavy atom. The zero-order valence-corrected chi connectivity index (χ0v) is 13.0. The molecule has 0 bridgehead atoms. The second kappa shape index (κ2) is 5.24. The number of aromatic nitrogens is 2. The van der Waals surface area contributed by atoms with E-state index in [2.05, 4.69) is 54.6 Å². The van der Waals surface area contributed by atoms with Crippen LogP contribution in [-0.2, 0) is 6.54 Å². The van der Waals surface area contributed by atoms with Crippen LogP contribution >= 0.6 is 0 Å². The van der Waals surface area contributed by atoms with Gasteiger partial charge in [0.25, 0.3) is 0 Å². The number of ether oxygens (including phenoxy) is 1. The first-order valence-electron chi connectivity index (χ1n) is 7.14. The van der Waals surface area contributed by atoms with Crippen molar-refractivity contribution < 1.29 is 4.74 Å². The third-order valence-electron chi connectivity index (χ3n) is 4.05. The molecule has 3 rings (SSSR count). The Morgan fingerprint density at radius 2 is 1.76 bits per heavy atom. The van der Waals surface area contributed by atoms with Crippen molar-refractivity contribution in [3.05, 3.63) is 58.9 Å². The molecule has 3 nitrogen and oxygen atoms in total. The van der Waals surface area contributed by atoms with Crippen LogP contribution in [0.15, 0.2) is 36.7 Å². The first kappa shape index (κ1) is 13.7. The molecule has 2 aromatic carbocycles. The minimum Gasteiger partial charge on any atom is -0.496 e. The summed E-state index contributed by atoms with van der Waals surface area (Å²) in [5, 5.41) is 0. The molecule has 108 valence electrons. The lowest BCUT2D eigenvalue weighted by Gasteiger charge is -2.09. The number of rotatable bonds is 3. The lowest BCUT2D eigenvalue weighted by atomic mass is 10.1. The first-order valence-corrected chi connectivity index (χ1v) is 7.14. The van der Waals surface area contributed by atoms with Gasteiger partial charge in [-0.1, -0.05) is 12.1 Å². The second-order valence-corrected chi connectivity index (χ2v) is 5.60. The largest absolute Gasteiger partial charge is 0.496 e. The zero-order chi connectivity index (χ0) is 15.0. The molecule has 0 spiro atoms. The van der Waals surface area contributed by atoms with Gasteiger partial charge in [0.05, 0.1) is 24.5 Å². The van der Waals surface area contributed by atoms with E-state index in [0.717, 1.165) is 23.4 Å². The predicted octanol–water partition coefficient (Wildman–Crippen LogP) is 4.02. The number of benzene rings is 2. The highest BCUT2D eigenvalue weighted by atomic mass is 16.5. The van der Waals surface area contributed by atoms with Gasteiger partial charge in [-0.15, -0.1) is 0 Å². The molecule has 1 heterocycles. The molecule has 0 saturated heterocycles. The molecule has 0 saturated carbocycles. The molecule has 0 amide bonds. The second-order valence-electron chi connectivity index (χ2n) is 5.60. The fourth-order valence-electron chi connectivity index (χ4n) is 2.67. The fourth-order valence-corrected chi connectivity index (χ4v) is 2.67. The minimum atomic E-state index is 0.823. The summed E-state index contributed by atoms with van der Waals surface area (Å²) >= 11 is 0. The van der Waals surface area contributed by atoms with Crippen molar-refractivity contribution in [3.63, 3.8) is 0 Å². The van der Waals surface area contributed by atoms with Crippen molar-refractivity contribution >= 4 is 11.0 Å². The van der Waals surface area contributed by atoms with Crippen LogP contribution in [0.4, 0.5) is 0 Å². The van der Waals surface area contributed by atoms with E-state index in [4.69, 9.17) is 4.74 Å². The SMILES string of the molecule is COc1ccc(Cn2cnc3cc(C)c(C)cc32)cc1C. The third-order valence-corrected chi connectivity index (χ3v) is 4.05. The molecule has 21 heavy (non-hydrogen) atoms. The van der Waals surface area contributed by atoms with Crippen LogP contribution < -0.4 is 4.74 Å². The van der Waals surface area contributed by atoms with Crippen molar-refractivity contribution in [1.29, 1.82) is 0 Å². The Kier molecular flexibility index (Phi) is 3.42. The van der Waals surface area contributed by atoms with Crippen molar-refractivity contribution in [2.75, 3.05) is 7.11 Å². The summed E-state index contributed by atoms with van der Waals surface area (Å²) in [4.78, 5) is 4.51. The van der Waals surface area contributed by atoms with E-state index in [1.807, 2.05) is 12.4 Å². The normalized spacial score (nSPS) is 11.0. The van der Waals surface area contributed by atoms with E-state index in [-0.39, 0.29) is 0 Å². The standard InChI is InChI=1S/C18H20N2O/c1-12-8-16-17(9-13(12)2)20(11-19-16)10-15-5-6-18(21-4)14(3)7-15/h5-9,11H,10H2,1-4H3. The lowest BCUT2D eigenvalue weighted by molar-refractivity contribution is 0.411. The van der Waals surface area contributed by atoms with E-state index in [9.17, 15) is 0 Å². The van der Waals surface area contributed by atoms with Crippen LogP contribution in [0.1, 0.15) is 22.3 Å². The van der Waals surface area contributed by atoms with E-state index < -0.39 is 0 Å². The number of methoxy groups -OCH3 is 1. The van der Waals surface area contributed by atoms with Gasteiger partial charge in [-0.3, -0.25) is 0 Å². The van der Waals surface area contributed by atoms with Crippen LogP contribution in [0, 0.1) is 20.8 Å². The van der Waals surface area contributed by atoms with Crippen LogP contribution in [0.5, 0.6) is 5.75 Å². The van der Waals surface area contributed by atoms with Gasteiger partial charge in [0, 0.05) is 6.54 Å². The molecular weight excluding hydrogens is 260 g/mol. The first-order chi connectivity index (χ1) is 10.1.